The van der Waals surface area contributed by atoms with E-state index in [1.165, 1.54) is 38.5 Å². The fourth-order valence-corrected chi connectivity index (χ4v) is 3.12. The van der Waals surface area contributed by atoms with Crippen molar-refractivity contribution in [2.75, 3.05) is 27.2 Å². The molecule has 5 heteroatoms. The minimum Gasteiger partial charge on any atom is -0.494 e. The number of hydrogen-bond donors (Lipinski definition) is 2. The van der Waals surface area contributed by atoms with Gasteiger partial charge in [0.2, 0.25) is 0 Å². The molecular formula is C20H34N4O. The van der Waals surface area contributed by atoms with Crippen LogP contribution in [0.25, 0.3) is 0 Å². The number of ether oxygens (including phenoxy) is 1. The second kappa shape index (κ2) is 11.0. The third-order valence-corrected chi connectivity index (χ3v) is 4.58. The van der Waals surface area contributed by atoms with Crippen molar-refractivity contribution in [3.05, 3.63) is 29.8 Å². The monoisotopic (exact) mass is 346 g/mol. The number of hydrogen-bond acceptors (Lipinski definition) is 3. The van der Waals surface area contributed by atoms with Crippen molar-refractivity contribution in [1.82, 2.24) is 10.2 Å². The molecule has 1 aromatic rings. The topological polar surface area (TPSA) is 62.9 Å². The number of benzene rings is 1. The summed E-state index contributed by atoms with van der Waals surface area (Å²) >= 11 is 0. The first-order valence-corrected chi connectivity index (χ1v) is 9.56. The van der Waals surface area contributed by atoms with Crippen molar-refractivity contribution in [2.45, 2.75) is 57.5 Å². The Morgan fingerprint density at radius 2 is 1.84 bits per heavy atom. The van der Waals surface area contributed by atoms with Gasteiger partial charge in [0.1, 0.15) is 5.75 Å². The highest BCUT2D eigenvalue weighted by Crippen LogP contribution is 2.17. The molecule has 25 heavy (non-hydrogen) atoms. The van der Waals surface area contributed by atoms with E-state index in [-0.39, 0.29) is 0 Å². The Morgan fingerprint density at radius 1 is 1.16 bits per heavy atom. The van der Waals surface area contributed by atoms with Crippen LogP contribution in [0.5, 0.6) is 5.75 Å². The summed E-state index contributed by atoms with van der Waals surface area (Å²) < 4.78 is 5.75. The van der Waals surface area contributed by atoms with Crippen molar-refractivity contribution in [3.63, 3.8) is 0 Å². The fourth-order valence-electron chi connectivity index (χ4n) is 3.12. The molecule has 0 aliphatic heterocycles. The lowest BCUT2D eigenvalue weighted by Crippen LogP contribution is -2.39. The molecule has 0 atom stereocenters. The Morgan fingerprint density at radius 3 is 2.48 bits per heavy atom. The second-order valence-corrected chi connectivity index (χ2v) is 7.18. The molecule has 140 valence electrons. The van der Waals surface area contributed by atoms with Gasteiger partial charge in [0.25, 0.3) is 0 Å². The summed E-state index contributed by atoms with van der Waals surface area (Å²) in [6.45, 7) is 2.39. The van der Waals surface area contributed by atoms with Gasteiger partial charge in [-0.3, -0.25) is 0 Å². The van der Waals surface area contributed by atoms with E-state index in [1.807, 2.05) is 12.1 Å². The normalized spacial score (nSPS) is 16.7. The Bertz CT molecular complexity index is 505. The molecule has 0 unspecified atom stereocenters. The van der Waals surface area contributed by atoms with Crippen LogP contribution in [0, 0.1) is 0 Å². The minimum absolute atomic E-state index is 0.490. The van der Waals surface area contributed by atoms with Gasteiger partial charge in [0.05, 0.1) is 13.2 Å². The largest absolute Gasteiger partial charge is 0.494 e. The number of nitrogens with zero attached hydrogens (tertiary/aromatic N) is 2. The number of nitrogens with two attached hydrogens (primary N) is 1. The quantitative estimate of drug-likeness (QED) is 0.328. The van der Waals surface area contributed by atoms with E-state index < -0.39 is 0 Å². The average molecular weight is 347 g/mol. The van der Waals surface area contributed by atoms with Crippen molar-refractivity contribution < 1.29 is 4.74 Å². The average Bonchev–Trinajstić information content (AvgIpc) is 2.86. The van der Waals surface area contributed by atoms with E-state index in [4.69, 9.17) is 10.5 Å². The second-order valence-electron chi connectivity index (χ2n) is 7.18. The Hall–Kier alpha value is -1.75. The molecule has 3 N–H and O–H groups in total. The molecule has 1 aliphatic carbocycles. The molecule has 0 bridgehead atoms. The summed E-state index contributed by atoms with van der Waals surface area (Å²) in [5.41, 5.74) is 7.19. The smallest absolute Gasteiger partial charge is 0.189 e. The van der Waals surface area contributed by atoms with E-state index in [0.717, 1.165) is 30.9 Å². The number of guanidine groups is 1. The van der Waals surface area contributed by atoms with Gasteiger partial charge in [-0.1, -0.05) is 37.8 Å². The van der Waals surface area contributed by atoms with E-state index in [0.29, 0.717) is 18.5 Å². The van der Waals surface area contributed by atoms with Crippen LogP contribution in [0.1, 0.15) is 50.5 Å². The zero-order valence-corrected chi connectivity index (χ0v) is 15.8. The summed E-state index contributed by atoms with van der Waals surface area (Å²) in [4.78, 5) is 6.65. The van der Waals surface area contributed by atoms with Crippen molar-refractivity contribution in [1.29, 1.82) is 0 Å². The van der Waals surface area contributed by atoms with Gasteiger partial charge in [-0.15, -0.1) is 0 Å². The molecule has 0 saturated heterocycles. The third kappa shape index (κ3) is 8.25. The molecule has 0 radical (unpaired) electrons. The summed E-state index contributed by atoms with van der Waals surface area (Å²) in [6, 6.07) is 8.63. The van der Waals surface area contributed by atoms with Crippen molar-refractivity contribution in [3.8, 4) is 5.75 Å². The molecule has 0 heterocycles. The number of nitrogens with one attached hydrogen (secondary N) is 1. The highest BCUT2D eigenvalue weighted by molar-refractivity contribution is 5.78. The van der Waals surface area contributed by atoms with Gasteiger partial charge < -0.3 is 20.7 Å². The van der Waals surface area contributed by atoms with Gasteiger partial charge >= 0.3 is 0 Å². The lowest BCUT2D eigenvalue weighted by atomic mass is 10.1. The van der Waals surface area contributed by atoms with Crippen LogP contribution in [0.3, 0.4) is 0 Å². The molecule has 1 aromatic carbocycles. The molecule has 0 amide bonds. The van der Waals surface area contributed by atoms with E-state index in [9.17, 15) is 0 Å². The predicted octanol–water partition coefficient (Wildman–Crippen LogP) is 3.14. The van der Waals surface area contributed by atoms with Gasteiger partial charge in [0, 0.05) is 12.6 Å². The standard InChI is InChI=1S/C20H34N4O/c1-24(2)14-7-15-25-19-12-10-17(11-13-19)16-22-20(21)23-18-8-5-3-4-6-9-18/h10-13,18H,3-9,14-16H2,1-2H3,(H3,21,22,23). The predicted molar refractivity (Wildman–Crippen MR) is 105 cm³/mol. The van der Waals surface area contributed by atoms with Crippen LogP contribution in [-0.2, 0) is 6.54 Å². The maximum atomic E-state index is 6.05. The Balaban J connectivity index is 1.72. The zero-order valence-electron chi connectivity index (χ0n) is 15.8. The lowest BCUT2D eigenvalue weighted by Gasteiger charge is -2.16. The highest BCUT2D eigenvalue weighted by Gasteiger charge is 2.12. The molecule has 1 saturated carbocycles. The first kappa shape index (κ1) is 19.6. The molecule has 5 nitrogen and oxygen atoms in total. The van der Waals surface area contributed by atoms with Gasteiger partial charge in [0.15, 0.2) is 5.96 Å². The molecule has 2 rings (SSSR count). The first-order valence-electron chi connectivity index (χ1n) is 9.56. The fraction of sp³-hybridized carbons (Fsp3) is 0.650. The Kier molecular flexibility index (Phi) is 8.60. The van der Waals surface area contributed by atoms with Crippen LogP contribution in [0.2, 0.25) is 0 Å². The minimum atomic E-state index is 0.490. The molecule has 0 spiro atoms. The van der Waals surface area contributed by atoms with Crippen LogP contribution >= 0.6 is 0 Å². The third-order valence-electron chi connectivity index (χ3n) is 4.58. The van der Waals surface area contributed by atoms with Gasteiger partial charge in [-0.2, -0.15) is 0 Å². The lowest BCUT2D eigenvalue weighted by molar-refractivity contribution is 0.281. The molecule has 1 aliphatic rings. The molecule has 1 fully saturated rings. The maximum Gasteiger partial charge on any atom is 0.189 e. The number of rotatable bonds is 8. The van der Waals surface area contributed by atoms with Crippen molar-refractivity contribution >= 4 is 5.96 Å². The Labute approximate surface area is 152 Å². The van der Waals surface area contributed by atoms with Gasteiger partial charge in [-0.25, -0.2) is 4.99 Å². The summed E-state index contributed by atoms with van der Waals surface area (Å²) in [5, 5.41) is 3.38. The summed E-state index contributed by atoms with van der Waals surface area (Å²) in [6.07, 6.45) is 8.72. The SMILES string of the molecule is CN(C)CCCOc1ccc(CN=C(N)NC2CCCCCC2)cc1. The summed E-state index contributed by atoms with van der Waals surface area (Å²) in [7, 11) is 4.15. The summed E-state index contributed by atoms with van der Waals surface area (Å²) in [5.74, 6) is 1.48. The van der Waals surface area contributed by atoms with Gasteiger partial charge in [-0.05, 0) is 51.1 Å². The zero-order chi connectivity index (χ0) is 17.9. The van der Waals surface area contributed by atoms with Crippen LogP contribution in [0.4, 0.5) is 0 Å². The van der Waals surface area contributed by atoms with Crippen LogP contribution in [-0.4, -0.2) is 44.1 Å². The van der Waals surface area contributed by atoms with E-state index in [1.54, 1.807) is 0 Å². The van der Waals surface area contributed by atoms with E-state index in [2.05, 4.69) is 41.4 Å². The van der Waals surface area contributed by atoms with Crippen LogP contribution < -0.4 is 15.8 Å². The first-order chi connectivity index (χ1) is 12.1. The highest BCUT2D eigenvalue weighted by atomic mass is 16.5. The number of aliphatic imine (C=N–C) groups is 1. The molecule has 0 aromatic heterocycles. The maximum absolute atomic E-state index is 6.05. The van der Waals surface area contributed by atoms with Crippen LogP contribution in [0.15, 0.2) is 29.3 Å². The van der Waals surface area contributed by atoms with E-state index >= 15 is 0 Å². The van der Waals surface area contributed by atoms with Crippen molar-refractivity contribution in [2.24, 2.45) is 10.7 Å². The molecular weight excluding hydrogens is 312 g/mol.